The second-order valence-electron chi connectivity index (χ2n) is 8.70. The van der Waals surface area contributed by atoms with Crippen molar-refractivity contribution in [2.45, 2.75) is 50.6 Å². The number of aliphatic carboxylic acids is 1. The van der Waals surface area contributed by atoms with Crippen LogP contribution in [0.5, 0.6) is 0 Å². The third kappa shape index (κ3) is 7.44. The molecule has 3 atom stereocenters. The molecule has 1 fully saturated rings. The van der Waals surface area contributed by atoms with Crippen molar-refractivity contribution >= 4 is 46.8 Å². The molecule has 6 N–H and O–H groups in total. The number of Topliss-reactive ketones (excluding diaryl/α,β-unsaturated/α-hetero) is 1. The molecule has 0 radical (unpaired) electrons. The van der Waals surface area contributed by atoms with Crippen LogP contribution in [0, 0.1) is 5.92 Å². The Morgan fingerprint density at radius 2 is 1.66 bits per heavy atom. The van der Waals surface area contributed by atoms with E-state index < -0.39 is 17.9 Å². The first-order valence-electron chi connectivity index (χ1n) is 11.3. The minimum atomic E-state index is -1.19. The van der Waals surface area contributed by atoms with Crippen molar-refractivity contribution in [1.82, 2.24) is 5.32 Å². The van der Waals surface area contributed by atoms with Gasteiger partial charge in [0.15, 0.2) is 5.96 Å². The van der Waals surface area contributed by atoms with E-state index >= 15 is 0 Å². The summed E-state index contributed by atoms with van der Waals surface area (Å²) in [4.78, 5) is 41.4. The number of hydrogen-bond acceptors (Lipinski definition) is 4. The van der Waals surface area contributed by atoms with Gasteiger partial charge in [0.2, 0.25) is 0 Å². The van der Waals surface area contributed by atoms with Crippen LogP contribution in [0.2, 0.25) is 10.0 Å². The van der Waals surface area contributed by atoms with Gasteiger partial charge in [0.1, 0.15) is 11.8 Å². The summed E-state index contributed by atoms with van der Waals surface area (Å²) < 4.78 is 0. The fourth-order valence-electron chi connectivity index (χ4n) is 4.30. The van der Waals surface area contributed by atoms with E-state index in [0.717, 1.165) is 24.8 Å². The highest BCUT2D eigenvalue weighted by Crippen LogP contribution is 2.28. The SMILES string of the molecule is NC(N)=N[C@H]1CCC[C@@H](C(=O)Cc2ccc(C[C@H](NC(=O)c3c(Cl)cccc3Cl)C(=O)O)cc2)C1. The molecule has 1 aliphatic rings. The van der Waals surface area contributed by atoms with Crippen LogP contribution in [0.3, 0.4) is 0 Å². The number of carboxylic acids is 1. The fraction of sp³-hybridized carbons (Fsp3) is 0.360. The Morgan fingerprint density at radius 1 is 1.03 bits per heavy atom. The molecule has 1 saturated carbocycles. The Hall–Kier alpha value is -3.10. The maximum absolute atomic E-state index is 12.8. The van der Waals surface area contributed by atoms with Crippen LogP contribution in [-0.2, 0) is 22.4 Å². The third-order valence-corrected chi connectivity index (χ3v) is 6.70. The molecule has 0 heterocycles. The van der Waals surface area contributed by atoms with Crippen LogP contribution in [0.1, 0.15) is 47.2 Å². The number of carbonyl (C=O) groups excluding carboxylic acids is 2. The first kappa shape index (κ1) is 26.5. The fourth-order valence-corrected chi connectivity index (χ4v) is 4.87. The Labute approximate surface area is 213 Å². The van der Waals surface area contributed by atoms with Crippen molar-refractivity contribution in [2.24, 2.45) is 22.4 Å². The van der Waals surface area contributed by atoms with E-state index in [4.69, 9.17) is 34.7 Å². The molecule has 35 heavy (non-hydrogen) atoms. The number of nitrogens with zero attached hydrogens (tertiary/aromatic N) is 1. The zero-order valence-corrected chi connectivity index (χ0v) is 20.6. The van der Waals surface area contributed by atoms with Gasteiger partial charge in [0, 0.05) is 18.8 Å². The molecule has 0 unspecified atom stereocenters. The van der Waals surface area contributed by atoms with E-state index in [-0.39, 0.29) is 52.2 Å². The van der Waals surface area contributed by atoms with Crippen molar-refractivity contribution in [1.29, 1.82) is 0 Å². The minimum Gasteiger partial charge on any atom is -0.480 e. The van der Waals surface area contributed by atoms with Gasteiger partial charge in [-0.25, -0.2) is 4.79 Å². The topological polar surface area (TPSA) is 148 Å². The average molecular weight is 519 g/mol. The molecule has 3 rings (SSSR count). The number of nitrogens with one attached hydrogen (secondary N) is 1. The van der Waals surface area contributed by atoms with E-state index in [9.17, 15) is 19.5 Å². The average Bonchev–Trinajstić information content (AvgIpc) is 2.79. The lowest BCUT2D eigenvalue weighted by Crippen LogP contribution is -2.42. The molecule has 1 amide bonds. The molecule has 10 heteroatoms. The van der Waals surface area contributed by atoms with E-state index in [1.807, 2.05) is 0 Å². The first-order chi connectivity index (χ1) is 16.6. The molecule has 2 aromatic carbocycles. The molecule has 186 valence electrons. The second-order valence-corrected chi connectivity index (χ2v) is 9.51. The van der Waals surface area contributed by atoms with Gasteiger partial charge in [0.05, 0.1) is 21.7 Å². The summed E-state index contributed by atoms with van der Waals surface area (Å²) in [7, 11) is 0. The summed E-state index contributed by atoms with van der Waals surface area (Å²) in [6.07, 6.45) is 3.58. The zero-order valence-electron chi connectivity index (χ0n) is 19.0. The van der Waals surface area contributed by atoms with Gasteiger partial charge in [-0.05, 0) is 42.5 Å². The first-order valence-corrected chi connectivity index (χ1v) is 12.1. The van der Waals surface area contributed by atoms with Crippen molar-refractivity contribution in [3.05, 3.63) is 69.2 Å². The van der Waals surface area contributed by atoms with Crippen molar-refractivity contribution in [3.63, 3.8) is 0 Å². The molecular formula is C25H28Cl2N4O4. The predicted octanol–water partition coefficient (Wildman–Crippen LogP) is 3.36. The second kappa shape index (κ2) is 12.0. The maximum Gasteiger partial charge on any atom is 0.326 e. The lowest BCUT2D eigenvalue weighted by molar-refractivity contribution is -0.139. The molecule has 1 aliphatic carbocycles. The number of aliphatic imine (C=N–C) groups is 1. The molecule has 0 bridgehead atoms. The van der Waals surface area contributed by atoms with Gasteiger partial charge >= 0.3 is 5.97 Å². The molecular weight excluding hydrogens is 491 g/mol. The van der Waals surface area contributed by atoms with Crippen molar-refractivity contribution in [3.8, 4) is 0 Å². The summed E-state index contributed by atoms with van der Waals surface area (Å²) in [5.74, 6) is -1.75. The highest BCUT2D eigenvalue weighted by atomic mass is 35.5. The van der Waals surface area contributed by atoms with E-state index in [0.29, 0.717) is 12.0 Å². The van der Waals surface area contributed by atoms with Crippen LogP contribution in [0.4, 0.5) is 0 Å². The van der Waals surface area contributed by atoms with Gasteiger partial charge in [-0.15, -0.1) is 0 Å². The smallest absolute Gasteiger partial charge is 0.326 e. The van der Waals surface area contributed by atoms with Crippen molar-refractivity contribution in [2.75, 3.05) is 0 Å². The standard InChI is InChI=1S/C25H28Cl2N4O4/c26-18-5-2-6-19(27)22(18)23(33)31-20(24(34)35)11-14-7-9-15(10-8-14)12-21(32)16-3-1-4-17(13-16)30-25(28)29/h2,5-10,16-17,20H,1,3-4,11-13H2,(H,31,33)(H,34,35)(H4,28,29,30)/t16-,17+,20+/m1/s1. The molecule has 0 aromatic heterocycles. The summed E-state index contributed by atoms with van der Waals surface area (Å²) >= 11 is 12.1. The Balaban J connectivity index is 1.61. The Morgan fingerprint density at radius 3 is 2.26 bits per heavy atom. The van der Waals surface area contributed by atoms with E-state index in [1.165, 1.54) is 12.1 Å². The number of carboxylic acid groups (broad SMARTS) is 1. The lowest BCUT2D eigenvalue weighted by atomic mass is 9.81. The number of amides is 1. The highest BCUT2D eigenvalue weighted by Gasteiger charge is 2.27. The third-order valence-electron chi connectivity index (χ3n) is 6.07. The molecule has 0 saturated heterocycles. The van der Waals surface area contributed by atoms with Gasteiger partial charge in [-0.2, -0.15) is 0 Å². The van der Waals surface area contributed by atoms with Crippen LogP contribution in [0.25, 0.3) is 0 Å². The predicted molar refractivity (Wildman–Crippen MR) is 136 cm³/mol. The monoisotopic (exact) mass is 518 g/mol. The minimum absolute atomic E-state index is 0.0195. The molecule has 0 aliphatic heterocycles. The number of hydrogen-bond donors (Lipinski definition) is 4. The van der Waals surface area contributed by atoms with E-state index in [1.54, 1.807) is 30.3 Å². The number of carbonyl (C=O) groups is 3. The summed E-state index contributed by atoms with van der Waals surface area (Å²) in [5.41, 5.74) is 12.5. The number of benzene rings is 2. The number of nitrogens with two attached hydrogens (primary N) is 2. The molecule has 2 aromatic rings. The van der Waals surface area contributed by atoms with Crippen LogP contribution in [-0.4, -0.2) is 40.8 Å². The number of halogens is 2. The molecule has 8 nitrogen and oxygen atoms in total. The number of guanidine groups is 1. The van der Waals surface area contributed by atoms with Gasteiger partial charge < -0.3 is 21.9 Å². The van der Waals surface area contributed by atoms with Gasteiger partial charge in [-0.3, -0.25) is 14.6 Å². The number of ketones is 1. The number of rotatable bonds is 9. The Kier molecular flexibility index (Phi) is 9.12. The summed E-state index contributed by atoms with van der Waals surface area (Å²) in [5, 5.41) is 12.4. The largest absolute Gasteiger partial charge is 0.480 e. The quantitative estimate of drug-likeness (QED) is 0.295. The van der Waals surface area contributed by atoms with Gasteiger partial charge in [-0.1, -0.05) is 60.0 Å². The van der Waals surface area contributed by atoms with Crippen LogP contribution >= 0.6 is 23.2 Å². The van der Waals surface area contributed by atoms with Crippen LogP contribution in [0.15, 0.2) is 47.5 Å². The maximum atomic E-state index is 12.8. The van der Waals surface area contributed by atoms with Gasteiger partial charge in [0.25, 0.3) is 5.91 Å². The zero-order chi connectivity index (χ0) is 25.5. The highest BCUT2D eigenvalue weighted by molar-refractivity contribution is 6.39. The van der Waals surface area contributed by atoms with E-state index in [2.05, 4.69) is 10.3 Å². The summed E-state index contributed by atoms with van der Waals surface area (Å²) in [6.45, 7) is 0. The van der Waals surface area contributed by atoms with Crippen LogP contribution < -0.4 is 16.8 Å². The van der Waals surface area contributed by atoms with Crippen molar-refractivity contribution < 1.29 is 19.5 Å². The summed E-state index contributed by atoms with van der Waals surface area (Å²) in [6, 6.07) is 10.5. The normalized spacial score (nSPS) is 18.3. The molecule has 0 spiro atoms. The lowest BCUT2D eigenvalue weighted by Gasteiger charge is -2.26. The Bertz CT molecular complexity index is 1100.